The van der Waals surface area contributed by atoms with Gasteiger partial charge in [0.15, 0.2) is 0 Å². The minimum atomic E-state index is -0.965. The fourth-order valence-corrected chi connectivity index (χ4v) is 4.20. The van der Waals surface area contributed by atoms with Crippen molar-refractivity contribution < 1.29 is 19.1 Å². The molecule has 3 aromatic carbocycles. The number of carbonyl (C=O) groups excluding carboxylic acids is 3. The van der Waals surface area contributed by atoms with E-state index < -0.39 is 23.3 Å². The van der Waals surface area contributed by atoms with E-state index >= 15 is 0 Å². The summed E-state index contributed by atoms with van der Waals surface area (Å²) >= 11 is 0. The molecular weight excluding hydrogens is 440 g/mol. The number of nitrogens with two attached hydrogens (primary N) is 1. The molecule has 180 valence electrons. The van der Waals surface area contributed by atoms with Gasteiger partial charge in [-0.15, -0.1) is 0 Å². The minimum absolute atomic E-state index is 0.0520. The zero-order valence-corrected chi connectivity index (χ0v) is 19.7. The van der Waals surface area contributed by atoms with E-state index in [0.29, 0.717) is 0 Å². The molecule has 0 heterocycles. The van der Waals surface area contributed by atoms with E-state index in [9.17, 15) is 14.4 Å². The highest BCUT2D eigenvalue weighted by molar-refractivity contribution is 5.88. The van der Waals surface area contributed by atoms with E-state index in [-0.39, 0.29) is 25.4 Å². The molecular formula is C29H30N2O4. The quantitative estimate of drug-likeness (QED) is 0.252. The van der Waals surface area contributed by atoms with Crippen molar-refractivity contribution in [1.82, 2.24) is 5.32 Å². The minimum Gasteiger partial charge on any atom is -0.463 e. The summed E-state index contributed by atoms with van der Waals surface area (Å²) < 4.78 is 4.85. The first-order chi connectivity index (χ1) is 17.0. The highest BCUT2D eigenvalue weighted by atomic mass is 16.5. The first-order valence-electron chi connectivity index (χ1n) is 11.6. The fraction of sp³-hybridized carbons (Fsp3) is 0.207. The van der Waals surface area contributed by atoms with Crippen LogP contribution in [0, 0.1) is 0 Å². The monoisotopic (exact) mass is 470 g/mol. The number of rotatable bonds is 11. The maximum atomic E-state index is 13.5. The Morgan fingerprint density at radius 2 is 1.31 bits per heavy atom. The van der Waals surface area contributed by atoms with Crippen LogP contribution < -0.4 is 11.1 Å². The Kier molecular flexibility index (Phi) is 8.95. The summed E-state index contributed by atoms with van der Waals surface area (Å²) in [7, 11) is 0. The molecule has 0 aliphatic carbocycles. The Labute approximate surface area is 205 Å². The van der Waals surface area contributed by atoms with Crippen LogP contribution in [-0.2, 0) is 24.5 Å². The number of hydrogen-bond acceptors (Lipinski definition) is 4. The Balaban J connectivity index is 1.96. The fourth-order valence-electron chi connectivity index (χ4n) is 4.20. The lowest BCUT2D eigenvalue weighted by molar-refractivity contribution is -0.137. The van der Waals surface area contributed by atoms with Gasteiger partial charge in [0, 0.05) is 12.5 Å². The molecule has 2 amide bonds. The summed E-state index contributed by atoms with van der Waals surface area (Å²) in [6.07, 6.45) is 2.84. The van der Waals surface area contributed by atoms with Crippen molar-refractivity contribution in [3.05, 3.63) is 120 Å². The molecule has 0 aromatic heterocycles. The molecule has 6 heteroatoms. The van der Waals surface area contributed by atoms with E-state index in [1.54, 1.807) is 6.92 Å². The van der Waals surface area contributed by atoms with E-state index in [2.05, 4.69) is 5.32 Å². The predicted molar refractivity (Wildman–Crippen MR) is 135 cm³/mol. The molecule has 6 nitrogen and oxygen atoms in total. The van der Waals surface area contributed by atoms with Crippen molar-refractivity contribution in [2.24, 2.45) is 5.73 Å². The second-order valence-electron chi connectivity index (χ2n) is 8.09. The van der Waals surface area contributed by atoms with E-state index in [4.69, 9.17) is 10.5 Å². The third kappa shape index (κ3) is 6.44. The van der Waals surface area contributed by atoms with E-state index in [0.717, 1.165) is 16.7 Å². The molecule has 0 fully saturated rings. The molecule has 0 saturated carbocycles. The second kappa shape index (κ2) is 12.3. The van der Waals surface area contributed by atoms with Crippen molar-refractivity contribution in [3.63, 3.8) is 0 Å². The summed E-state index contributed by atoms with van der Waals surface area (Å²) in [5.41, 5.74) is 7.61. The number of hydrogen-bond donors (Lipinski definition) is 2. The zero-order chi connectivity index (χ0) is 25.1. The van der Waals surface area contributed by atoms with Crippen LogP contribution in [-0.4, -0.2) is 30.4 Å². The van der Waals surface area contributed by atoms with Gasteiger partial charge in [0.1, 0.15) is 6.04 Å². The maximum absolute atomic E-state index is 13.5. The summed E-state index contributed by atoms with van der Waals surface area (Å²) in [6, 6.07) is 28.5. The van der Waals surface area contributed by atoms with Gasteiger partial charge >= 0.3 is 5.97 Å². The first kappa shape index (κ1) is 25.4. The topological polar surface area (TPSA) is 98.5 Å². The third-order valence-corrected chi connectivity index (χ3v) is 5.82. The molecule has 3 rings (SSSR count). The SMILES string of the molecule is CCOC(=O)/C=C/C[C@@H](NC(=O)CC(c1ccccc1)(c1ccccc1)c1ccccc1)C(N)=O. The lowest BCUT2D eigenvalue weighted by atomic mass is 9.67. The van der Waals surface area contributed by atoms with Crippen LogP contribution in [0.3, 0.4) is 0 Å². The van der Waals surface area contributed by atoms with Gasteiger partial charge in [0.2, 0.25) is 11.8 Å². The van der Waals surface area contributed by atoms with Crippen LogP contribution in [0.5, 0.6) is 0 Å². The summed E-state index contributed by atoms with van der Waals surface area (Å²) in [5.74, 6) is -1.54. The van der Waals surface area contributed by atoms with Crippen molar-refractivity contribution in [2.45, 2.75) is 31.2 Å². The summed E-state index contributed by atoms with van der Waals surface area (Å²) in [5, 5.41) is 2.77. The molecule has 0 bridgehead atoms. The van der Waals surface area contributed by atoms with Crippen LogP contribution >= 0.6 is 0 Å². The molecule has 1 atom stereocenters. The molecule has 0 spiro atoms. The smallest absolute Gasteiger partial charge is 0.330 e. The van der Waals surface area contributed by atoms with Crippen molar-refractivity contribution in [2.75, 3.05) is 6.61 Å². The van der Waals surface area contributed by atoms with Gasteiger partial charge in [0.25, 0.3) is 0 Å². The number of benzene rings is 3. The summed E-state index contributed by atoms with van der Waals surface area (Å²) in [6.45, 7) is 1.95. The zero-order valence-electron chi connectivity index (χ0n) is 19.7. The number of nitrogens with one attached hydrogen (secondary N) is 1. The van der Waals surface area contributed by atoms with Crippen LogP contribution in [0.2, 0.25) is 0 Å². The number of esters is 1. The number of carbonyl (C=O) groups is 3. The second-order valence-corrected chi connectivity index (χ2v) is 8.09. The number of amides is 2. The molecule has 3 N–H and O–H groups in total. The lowest BCUT2D eigenvalue weighted by Crippen LogP contribution is -2.46. The van der Waals surface area contributed by atoms with Gasteiger partial charge in [0.05, 0.1) is 12.0 Å². The van der Waals surface area contributed by atoms with Crippen LogP contribution in [0.1, 0.15) is 36.5 Å². The summed E-state index contributed by atoms with van der Waals surface area (Å²) in [4.78, 5) is 37.1. The average molecular weight is 471 g/mol. The molecule has 3 aromatic rings. The van der Waals surface area contributed by atoms with Crippen LogP contribution in [0.25, 0.3) is 0 Å². The normalized spacial score (nSPS) is 12.1. The molecule has 0 aliphatic rings. The number of primary amides is 1. The third-order valence-electron chi connectivity index (χ3n) is 5.82. The van der Waals surface area contributed by atoms with Crippen molar-refractivity contribution in [1.29, 1.82) is 0 Å². The van der Waals surface area contributed by atoms with Crippen molar-refractivity contribution >= 4 is 17.8 Å². The Morgan fingerprint density at radius 1 is 0.857 bits per heavy atom. The van der Waals surface area contributed by atoms with Gasteiger partial charge in [-0.05, 0) is 30.0 Å². The van der Waals surface area contributed by atoms with E-state index in [1.807, 2.05) is 91.0 Å². The Hall–Kier alpha value is -4.19. The molecule has 0 radical (unpaired) electrons. The largest absolute Gasteiger partial charge is 0.463 e. The highest BCUT2D eigenvalue weighted by Gasteiger charge is 2.39. The lowest BCUT2D eigenvalue weighted by Gasteiger charge is -2.36. The van der Waals surface area contributed by atoms with Gasteiger partial charge in [-0.2, -0.15) is 0 Å². The highest BCUT2D eigenvalue weighted by Crippen LogP contribution is 2.42. The Morgan fingerprint density at radius 3 is 1.71 bits per heavy atom. The van der Waals surface area contributed by atoms with E-state index in [1.165, 1.54) is 12.2 Å². The maximum Gasteiger partial charge on any atom is 0.330 e. The number of ether oxygens (including phenoxy) is 1. The van der Waals surface area contributed by atoms with Gasteiger partial charge in [-0.1, -0.05) is 97.1 Å². The first-order valence-corrected chi connectivity index (χ1v) is 11.6. The standard InChI is InChI=1S/C29H30N2O4/c1-2-35-27(33)20-12-19-25(28(30)34)31-26(32)21-29(22-13-6-3-7-14-22,23-15-8-4-9-16-23)24-17-10-5-11-18-24/h3-18,20,25H,2,19,21H2,1H3,(H2,30,34)(H,31,32)/b20-12+/t25-/m1/s1. The van der Waals surface area contributed by atoms with Crippen molar-refractivity contribution in [3.8, 4) is 0 Å². The molecule has 0 aliphatic heterocycles. The predicted octanol–water partition coefficient (Wildman–Crippen LogP) is 3.89. The molecule has 0 unspecified atom stereocenters. The van der Waals surface area contributed by atoms with Crippen LogP contribution in [0.4, 0.5) is 0 Å². The van der Waals surface area contributed by atoms with Gasteiger partial charge in [-0.25, -0.2) is 4.79 Å². The van der Waals surface area contributed by atoms with Gasteiger partial charge < -0.3 is 15.8 Å². The molecule has 0 saturated heterocycles. The van der Waals surface area contributed by atoms with Gasteiger partial charge in [-0.3, -0.25) is 9.59 Å². The average Bonchev–Trinajstić information content (AvgIpc) is 2.88. The molecule has 35 heavy (non-hydrogen) atoms. The Bertz CT molecular complexity index is 1050. The van der Waals surface area contributed by atoms with Crippen LogP contribution in [0.15, 0.2) is 103 Å².